The summed E-state index contributed by atoms with van der Waals surface area (Å²) in [6.45, 7) is 0.866. The number of aliphatic hydroxyl groups excluding tert-OH is 1. The normalized spacial score (nSPS) is 22.9. The summed E-state index contributed by atoms with van der Waals surface area (Å²) >= 11 is 3.22. The molecule has 3 rings (SSSR count). The van der Waals surface area contributed by atoms with E-state index in [2.05, 4.69) is 26.1 Å². The van der Waals surface area contributed by atoms with E-state index < -0.39 is 6.10 Å². The maximum absolute atomic E-state index is 13.4. The van der Waals surface area contributed by atoms with Crippen LogP contribution in [0.4, 0.5) is 4.39 Å². The predicted molar refractivity (Wildman–Crippen MR) is 71.6 cm³/mol. The van der Waals surface area contributed by atoms with Crippen LogP contribution in [-0.2, 0) is 4.74 Å². The highest BCUT2D eigenvalue weighted by molar-refractivity contribution is 9.10. The Labute approximate surface area is 122 Å². The van der Waals surface area contributed by atoms with Gasteiger partial charge in [0.1, 0.15) is 5.82 Å². The van der Waals surface area contributed by atoms with Gasteiger partial charge in [-0.25, -0.2) is 4.39 Å². The van der Waals surface area contributed by atoms with Crippen LogP contribution in [0.15, 0.2) is 27.2 Å². The van der Waals surface area contributed by atoms with Crippen molar-refractivity contribution in [3.8, 4) is 11.4 Å². The first-order valence-electron chi connectivity index (χ1n) is 6.19. The number of benzene rings is 1. The molecule has 0 saturated carbocycles. The third-order valence-electron chi connectivity index (χ3n) is 3.20. The van der Waals surface area contributed by atoms with Crippen LogP contribution in [0.25, 0.3) is 11.4 Å². The number of nitrogens with zero attached hydrogens (tertiary/aromatic N) is 2. The SMILES string of the molecule is OC1CCOCC1c1nc(-c2cc(F)cc(Br)c2)no1. The first-order chi connectivity index (χ1) is 9.63. The van der Waals surface area contributed by atoms with Crippen molar-refractivity contribution in [3.05, 3.63) is 34.4 Å². The fourth-order valence-electron chi connectivity index (χ4n) is 2.15. The van der Waals surface area contributed by atoms with E-state index in [9.17, 15) is 9.50 Å². The Kier molecular flexibility index (Phi) is 3.82. The van der Waals surface area contributed by atoms with Crippen LogP contribution in [-0.4, -0.2) is 34.6 Å². The summed E-state index contributed by atoms with van der Waals surface area (Å²) < 4.78 is 24.4. The van der Waals surface area contributed by atoms with E-state index in [1.165, 1.54) is 12.1 Å². The van der Waals surface area contributed by atoms with Crippen molar-refractivity contribution in [1.82, 2.24) is 10.1 Å². The van der Waals surface area contributed by atoms with E-state index in [0.29, 0.717) is 35.6 Å². The van der Waals surface area contributed by atoms with E-state index in [1.807, 2.05) is 0 Å². The van der Waals surface area contributed by atoms with Gasteiger partial charge in [-0.2, -0.15) is 4.98 Å². The van der Waals surface area contributed by atoms with E-state index in [1.54, 1.807) is 6.07 Å². The lowest BCUT2D eigenvalue weighted by Crippen LogP contribution is -2.30. The number of aliphatic hydroxyl groups is 1. The summed E-state index contributed by atoms with van der Waals surface area (Å²) in [4.78, 5) is 4.23. The highest BCUT2D eigenvalue weighted by Crippen LogP contribution is 2.28. The molecule has 1 aromatic carbocycles. The zero-order valence-corrected chi connectivity index (χ0v) is 12.0. The topological polar surface area (TPSA) is 68.4 Å². The Hall–Kier alpha value is -1.31. The number of rotatable bonds is 2. The average molecular weight is 343 g/mol. The molecule has 0 radical (unpaired) electrons. The van der Waals surface area contributed by atoms with Crippen LogP contribution in [0.1, 0.15) is 18.2 Å². The van der Waals surface area contributed by atoms with Gasteiger partial charge in [0, 0.05) is 16.6 Å². The van der Waals surface area contributed by atoms with Crippen LogP contribution < -0.4 is 0 Å². The van der Waals surface area contributed by atoms with Crippen LogP contribution in [0.2, 0.25) is 0 Å². The lowest BCUT2D eigenvalue weighted by atomic mass is 9.99. The van der Waals surface area contributed by atoms with Crippen LogP contribution >= 0.6 is 15.9 Å². The lowest BCUT2D eigenvalue weighted by Gasteiger charge is -2.24. The highest BCUT2D eigenvalue weighted by atomic mass is 79.9. The minimum Gasteiger partial charge on any atom is -0.392 e. The van der Waals surface area contributed by atoms with Gasteiger partial charge in [-0.05, 0) is 24.6 Å². The van der Waals surface area contributed by atoms with Gasteiger partial charge in [-0.15, -0.1) is 0 Å². The summed E-state index contributed by atoms with van der Waals surface area (Å²) in [5.41, 5.74) is 0.512. The van der Waals surface area contributed by atoms with Gasteiger partial charge in [-0.1, -0.05) is 21.1 Å². The number of aromatic nitrogens is 2. The van der Waals surface area contributed by atoms with Crippen molar-refractivity contribution in [1.29, 1.82) is 0 Å². The van der Waals surface area contributed by atoms with E-state index in [4.69, 9.17) is 9.26 Å². The van der Waals surface area contributed by atoms with Gasteiger partial charge < -0.3 is 14.4 Å². The van der Waals surface area contributed by atoms with E-state index in [0.717, 1.165) is 0 Å². The summed E-state index contributed by atoms with van der Waals surface area (Å²) in [6, 6.07) is 4.38. The third kappa shape index (κ3) is 2.74. The molecule has 2 unspecified atom stereocenters. The van der Waals surface area contributed by atoms with Gasteiger partial charge in [0.2, 0.25) is 11.7 Å². The van der Waals surface area contributed by atoms with Crippen molar-refractivity contribution >= 4 is 15.9 Å². The predicted octanol–water partition coefficient (Wildman–Crippen LogP) is 2.50. The van der Waals surface area contributed by atoms with Crippen molar-refractivity contribution in [3.63, 3.8) is 0 Å². The molecule has 0 aliphatic carbocycles. The fraction of sp³-hybridized carbons (Fsp3) is 0.385. The molecule has 7 heteroatoms. The molecule has 1 aliphatic heterocycles. The molecule has 1 N–H and O–H groups in total. The summed E-state index contributed by atoms with van der Waals surface area (Å²) in [5, 5.41) is 13.8. The van der Waals surface area contributed by atoms with Crippen LogP contribution in [0.5, 0.6) is 0 Å². The summed E-state index contributed by atoms with van der Waals surface area (Å²) in [5.74, 6) is -0.116. The Morgan fingerprint density at radius 3 is 2.95 bits per heavy atom. The lowest BCUT2D eigenvalue weighted by molar-refractivity contribution is -0.0149. The zero-order chi connectivity index (χ0) is 14.1. The molecule has 2 aromatic rings. The first-order valence-corrected chi connectivity index (χ1v) is 6.98. The van der Waals surface area contributed by atoms with Gasteiger partial charge in [-0.3, -0.25) is 0 Å². The third-order valence-corrected chi connectivity index (χ3v) is 3.66. The maximum Gasteiger partial charge on any atom is 0.235 e. The van der Waals surface area contributed by atoms with Gasteiger partial charge >= 0.3 is 0 Å². The second-order valence-electron chi connectivity index (χ2n) is 4.65. The van der Waals surface area contributed by atoms with Gasteiger partial charge in [0.15, 0.2) is 0 Å². The van der Waals surface area contributed by atoms with Crippen LogP contribution in [0.3, 0.4) is 0 Å². The molecular formula is C13H12BrFN2O3. The summed E-state index contributed by atoms with van der Waals surface area (Å²) in [6.07, 6.45) is -0.0234. The molecule has 106 valence electrons. The van der Waals surface area contributed by atoms with E-state index >= 15 is 0 Å². The standard InChI is InChI=1S/C13H12BrFN2O3/c14-8-3-7(4-9(15)5-8)12-16-13(20-17-12)10-6-19-2-1-11(10)18/h3-5,10-11,18H,1-2,6H2. The van der Waals surface area contributed by atoms with Crippen molar-refractivity contribution in [2.45, 2.75) is 18.4 Å². The molecular weight excluding hydrogens is 331 g/mol. The van der Waals surface area contributed by atoms with Gasteiger partial charge in [0.25, 0.3) is 0 Å². The monoisotopic (exact) mass is 342 g/mol. The van der Waals surface area contributed by atoms with E-state index in [-0.39, 0.29) is 17.6 Å². The molecule has 0 spiro atoms. The smallest absolute Gasteiger partial charge is 0.235 e. The molecule has 1 aliphatic rings. The minimum absolute atomic E-state index is 0.290. The zero-order valence-electron chi connectivity index (χ0n) is 10.4. The largest absolute Gasteiger partial charge is 0.392 e. The Bertz CT molecular complexity index is 599. The number of ether oxygens (including phenoxy) is 1. The van der Waals surface area contributed by atoms with Crippen molar-refractivity contribution in [2.24, 2.45) is 0 Å². The molecule has 1 fully saturated rings. The highest BCUT2D eigenvalue weighted by Gasteiger charge is 2.30. The molecule has 1 aromatic heterocycles. The summed E-state index contributed by atoms with van der Waals surface area (Å²) in [7, 11) is 0. The first kappa shape index (κ1) is 13.7. The molecule has 5 nitrogen and oxygen atoms in total. The van der Waals surface area contributed by atoms with Crippen LogP contribution in [0, 0.1) is 5.82 Å². The Morgan fingerprint density at radius 2 is 2.20 bits per heavy atom. The second kappa shape index (κ2) is 5.59. The average Bonchev–Trinajstić information content (AvgIpc) is 2.87. The van der Waals surface area contributed by atoms with Gasteiger partial charge in [0.05, 0.1) is 18.6 Å². The fourth-order valence-corrected chi connectivity index (χ4v) is 2.61. The Balaban J connectivity index is 1.89. The maximum atomic E-state index is 13.4. The molecule has 1 saturated heterocycles. The number of hydrogen-bond donors (Lipinski definition) is 1. The quantitative estimate of drug-likeness (QED) is 0.908. The molecule has 2 heterocycles. The molecule has 2 atom stereocenters. The molecule has 20 heavy (non-hydrogen) atoms. The van der Waals surface area contributed by atoms with Crippen molar-refractivity contribution < 1.29 is 18.8 Å². The minimum atomic E-state index is -0.559. The Morgan fingerprint density at radius 1 is 1.35 bits per heavy atom. The molecule has 0 amide bonds. The number of hydrogen-bond acceptors (Lipinski definition) is 5. The number of halogens is 2. The second-order valence-corrected chi connectivity index (χ2v) is 5.57. The molecule has 0 bridgehead atoms. The van der Waals surface area contributed by atoms with Crippen molar-refractivity contribution in [2.75, 3.05) is 13.2 Å².